The number of carboxylic acids is 1. The zero-order valence-corrected chi connectivity index (χ0v) is 25.8. The number of nitrogens with zero attached hydrogens (tertiary/aromatic N) is 6. The van der Waals surface area contributed by atoms with Gasteiger partial charge in [0.1, 0.15) is 17.2 Å². The van der Waals surface area contributed by atoms with E-state index in [0.29, 0.717) is 16.7 Å². The van der Waals surface area contributed by atoms with E-state index in [-0.39, 0.29) is 12.0 Å². The molecule has 2 aliphatic rings. The molecule has 0 spiro atoms. The fraction of sp³-hybridized carbons (Fsp3) is 0.419. The normalized spacial score (nSPS) is 19.5. The van der Waals surface area contributed by atoms with Gasteiger partial charge in [-0.2, -0.15) is 13.2 Å². The number of halogens is 5. The lowest BCUT2D eigenvalue weighted by atomic mass is 9.87. The van der Waals surface area contributed by atoms with E-state index in [9.17, 15) is 22.7 Å². The molecule has 3 N–H and O–H groups in total. The molecule has 246 valence electrons. The number of nitrogens with one attached hydrogen (secondary N) is 1. The van der Waals surface area contributed by atoms with E-state index < -0.39 is 18.0 Å². The van der Waals surface area contributed by atoms with Gasteiger partial charge in [-0.25, -0.2) is 23.7 Å². The highest BCUT2D eigenvalue weighted by Gasteiger charge is 2.38. The molecule has 6 rings (SSSR count). The number of aromatic nitrogens is 4. The van der Waals surface area contributed by atoms with Crippen molar-refractivity contribution in [1.29, 1.82) is 0 Å². The number of hydrogen-bond donors (Lipinski definition) is 3. The first-order valence-corrected chi connectivity index (χ1v) is 15.2. The van der Waals surface area contributed by atoms with Crippen molar-refractivity contribution in [1.82, 2.24) is 29.4 Å². The van der Waals surface area contributed by atoms with Gasteiger partial charge in [-0.1, -0.05) is 35.9 Å². The number of anilines is 2. The molecule has 0 bridgehead atoms. The summed E-state index contributed by atoms with van der Waals surface area (Å²) in [5, 5.41) is 25.3. The van der Waals surface area contributed by atoms with Crippen LogP contribution in [0, 0.1) is 5.82 Å². The lowest BCUT2D eigenvalue weighted by Gasteiger charge is -2.32. The summed E-state index contributed by atoms with van der Waals surface area (Å²) in [4.78, 5) is 23.4. The van der Waals surface area contributed by atoms with E-state index in [4.69, 9.17) is 31.6 Å². The van der Waals surface area contributed by atoms with Gasteiger partial charge in [0.2, 0.25) is 5.95 Å². The number of aliphatic hydroxyl groups is 1. The number of aliphatic hydroxyl groups excluding tert-OH is 1. The van der Waals surface area contributed by atoms with Crippen molar-refractivity contribution in [3.8, 4) is 11.3 Å². The van der Waals surface area contributed by atoms with Crippen LogP contribution in [0.5, 0.6) is 0 Å². The Bertz CT molecular complexity index is 1630. The monoisotopic (exact) mass is 663 g/mol. The van der Waals surface area contributed by atoms with Gasteiger partial charge in [-0.3, -0.25) is 4.90 Å². The number of likely N-dealkylation sites (N-methyl/N-ethyl adjacent to an activating group) is 1. The summed E-state index contributed by atoms with van der Waals surface area (Å²) < 4.78 is 47.5. The van der Waals surface area contributed by atoms with E-state index in [0.717, 1.165) is 81.0 Å². The number of piperazine rings is 1. The number of benzene rings is 2. The molecule has 15 heteroatoms. The predicted molar refractivity (Wildman–Crippen MR) is 165 cm³/mol. The molecule has 10 nitrogen and oxygen atoms in total. The molecular weight excluding hydrogens is 630 g/mol. The van der Waals surface area contributed by atoms with Gasteiger partial charge in [0.15, 0.2) is 0 Å². The zero-order chi connectivity index (χ0) is 33.0. The van der Waals surface area contributed by atoms with Crippen LogP contribution in [0.3, 0.4) is 0 Å². The van der Waals surface area contributed by atoms with Crippen LogP contribution in [-0.4, -0.2) is 91.1 Å². The smallest absolute Gasteiger partial charge is 0.475 e. The van der Waals surface area contributed by atoms with Crippen LogP contribution >= 0.6 is 11.6 Å². The minimum absolute atomic E-state index is 0.178. The average Bonchev–Trinajstić information content (AvgIpc) is 3.37. The highest BCUT2D eigenvalue weighted by Crippen LogP contribution is 2.35. The summed E-state index contributed by atoms with van der Waals surface area (Å²) in [6.07, 6.45) is -0.407. The Balaban J connectivity index is 0.000000537. The third-order valence-electron chi connectivity index (χ3n) is 8.07. The SMILES string of the molecule is CN1CCN(Cc2ccc(-c3nc(C4CCC(O)CC4)n4nc(Nc5cc(F)cc(Cl)c5)ncc34)cc2)CC1.O=C(O)C(F)(F)F. The summed E-state index contributed by atoms with van der Waals surface area (Å²) in [6, 6.07) is 12.9. The zero-order valence-electron chi connectivity index (χ0n) is 25.0. The second-order valence-corrected chi connectivity index (χ2v) is 12.0. The number of aliphatic carboxylic acids is 1. The molecule has 0 atom stereocenters. The molecule has 3 heterocycles. The number of rotatable bonds is 6. The van der Waals surface area contributed by atoms with E-state index in [1.165, 1.54) is 17.7 Å². The highest BCUT2D eigenvalue weighted by molar-refractivity contribution is 6.30. The molecule has 46 heavy (non-hydrogen) atoms. The molecular formula is C31H34ClF4N7O3. The van der Waals surface area contributed by atoms with Gasteiger partial charge >= 0.3 is 12.1 Å². The molecule has 1 saturated heterocycles. The highest BCUT2D eigenvalue weighted by atomic mass is 35.5. The molecule has 1 aliphatic heterocycles. The summed E-state index contributed by atoms with van der Waals surface area (Å²) in [6.45, 7) is 5.30. The molecule has 0 radical (unpaired) electrons. The van der Waals surface area contributed by atoms with Crippen molar-refractivity contribution in [2.24, 2.45) is 0 Å². The Hall–Kier alpha value is -3.85. The van der Waals surface area contributed by atoms with Gasteiger partial charge < -0.3 is 20.4 Å². The lowest BCUT2D eigenvalue weighted by Crippen LogP contribution is -2.43. The van der Waals surface area contributed by atoms with Gasteiger partial charge in [0.05, 0.1) is 18.0 Å². The van der Waals surface area contributed by atoms with Crippen molar-refractivity contribution in [3.05, 3.63) is 70.9 Å². The van der Waals surface area contributed by atoms with Crippen molar-refractivity contribution < 1.29 is 32.6 Å². The van der Waals surface area contributed by atoms with Crippen LogP contribution in [0.1, 0.15) is 43.0 Å². The second-order valence-electron chi connectivity index (χ2n) is 11.6. The number of fused-ring (bicyclic) bond motifs is 1. The predicted octanol–water partition coefficient (Wildman–Crippen LogP) is 5.73. The third-order valence-corrected chi connectivity index (χ3v) is 8.29. The van der Waals surface area contributed by atoms with Gasteiger partial charge in [-0.05, 0) is 56.5 Å². The fourth-order valence-corrected chi connectivity index (χ4v) is 5.78. The summed E-state index contributed by atoms with van der Waals surface area (Å²) >= 11 is 6.03. The number of carboxylic acid groups (broad SMARTS) is 1. The third kappa shape index (κ3) is 8.49. The van der Waals surface area contributed by atoms with Crippen LogP contribution in [-0.2, 0) is 11.3 Å². The van der Waals surface area contributed by atoms with E-state index >= 15 is 0 Å². The van der Waals surface area contributed by atoms with Crippen LogP contribution in [0.25, 0.3) is 16.8 Å². The Kier molecular flexibility index (Phi) is 10.4. The Morgan fingerprint density at radius 2 is 1.70 bits per heavy atom. The van der Waals surface area contributed by atoms with E-state index in [2.05, 4.69) is 51.4 Å². The fourth-order valence-electron chi connectivity index (χ4n) is 5.56. The van der Waals surface area contributed by atoms with Crippen LogP contribution < -0.4 is 5.32 Å². The van der Waals surface area contributed by atoms with Crippen LogP contribution in [0.15, 0.2) is 48.7 Å². The molecule has 1 aliphatic carbocycles. The quantitative estimate of drug-likeness (QED) is 0.222. The van der Waals surface area contributed by atoms with Crippen molar-refractivity contribution >= 4 is 34.7 Å². The minimum atomic E-state index is -5.08. The number of carbonyl (C=O) groups is 1. The molecule has 2 aromatic carbocycles. The molecule has 2 aromatic heterocycles. The standard InChI is InChI=1S/C29H33ClFN7O.C2HF3O2/c1-36-10-12-37(13-11-36)18-19-2-4-20(5-3-19)27-26-17-32-29(33-24-15-22(30)14-23(31)16-24)35-38(26)28(34-27)21-6-8-25(39)9-7-21;3-2(4,5)1(6)7/h2-5,14-17,21,25,39H,6-13,18H2,1H3,(H,33,35);(H,6,7). The first-order chi connectivity index (χ1) is 21.9. The first kappa shape index (κ1) is 33.5. The van der Waals surface area contributed by atoms with Gasteiger partial charge in [0, 0.05) is 54.9 Å². The molecule has 0 amide bonds. The Labute approximate surface area is 267 Å². The molecule has 4 aromatic rings. The maximum Gasteiger partial charge on any atom is 0.490 e. The van der Waals surface area contributed by atoms with E-state index in [1.54, 1.807) is 12.3 Å². The molecule has 2 fully saturated rings. The molecule has 1 saturated carbocycles. The topological polar surface area (TPSA) is 119 Å². The Morgan fingerprint density at radius 1 is 1.04 bits per heavy atom. The lowest BCUT2D eigenvalue weighted by molar-refractivity contribution is -0.192. The van der Waals surface area contributed by atoms with Crippen LogP contribution in [0.4, 0.5) is 29.2 Å². The summed E-state index contributed by atoms with van der Waals surface area (Å²) in [7, 11) is 2.17. The molecule has 0 unspecified atom stereocenters. The van der Waals surface area contributed by atoms with Crippen molar-refractivity contribution in [3.63, 3.8) is 0 Å². The summed E-state index contributed by atoms with van der Waals surface area (Å²) in [5.41, 5.74) is 4.41. The average molecular weight is 664 g/mol. The van der Waals surface area contributed by atoms with Crippen molar-refractivity contribution in [2.45, 2.75) is 50.4 Å². The van der Waals surface area contributed by atoms with Crippen molar-refractivity contribution in [2.75, 3.05) is 38.5 Å². The number of alkyl halides is 3. The number of imidazole rings is 1. The Morgan fingerprint density at radius 3 is 2.30 bits per heavy atom. The summed E-state index contributed by atoms with van der Waals surface area (Å²) in [5.74, 6) is -1.83. The maximum atomic E-state index is 13.9. The second kappa shape index (κ2) is 14.3. The first-order valence-electron chi connectivity index (χ1n) is 14.8. The number of hydrogen-bond acceptors (Lipinski definition) is 8. The minimum Gasteiger partial charge on any atom is -0.475 e. The van der Waals surface area contributed by atoms with Gasteiger partial charge in [0.25, 0.3) is 0 Å². The van der Waals surface area contributed by atoms with Gasteiger partial charge in [-0.15, -0.1) is 5.10 Å². The maximum absolute atomic E-state index is 13.9. The largest absolute Gasteiger partial charge is 0.490 e. The van der Waals surface area contributed by atoms with Crippen LogP contribution in [0.2, 0.25) is 5.02 Å². The van der Waals surface area contributed by atoms with E-state index in [1.807, 2.05) is 4.52 Å².